The molecule has 1 spiro atoms. The number of nitrogens with zero attached hydrogens (tertiary/aromatic N) is 6. The number of nitrogens with one attached hydrogen (secondary N) is 2. The topological polar surface area (TPSA) is 143 Å². The van der Waals surface area contributed by atoms with E-state index < -0.39 is 0 Å². The number of aryl methyl sites for hydroxylation is 1. The normalized spacial score (nSPS) is 27.1. The van der Waals surface area contributed by atoms with E-state index in [4.69, 9.17) is 26.5 Å². The first-order chi connectivity index (χ1) is 18.1. The van der Waals surface area contributed by atoms with Crippen molar-refractivity contribution in [1.29, 1.82) is 0 Å². The Morgan fingerprint density at radius 3 is 2.76 bits per heavy atom. The van der Waals surface area contributed by atoms with E-state index in [9.17, 15) is 0 Å². The van der Waals surface area contributed by atoms with Crippen LogP contribution in [0.5, 0.6) is 0 Å². The third-order valence-corrected chi connectivity index (χ3v) is 8.99. The molecule has 1 saturated heterocycles. The molecule has 1 aliphatic carbocycles. The van der Waals surface area contributed by atoms with Gasteiger partial charge in [0.05, 0.1) is 18.8 Å². The van der Waals surface area contributed by atoms with Gasteiger partial charge in [0.2, 0.25) is 0 Å². The van der Waals surface area contributed by atoms with Crippen molar-refractivity contribution in [2.24, 2.45) is 32.9 Å². The summed E-state index contributed by atoms with van der Waals surface area (Å²) in [5.41, 5.74) is 13.8. The number of hydrogen-bond acceptors (Lipinski definition) is 10. The molecule has 196 valence electrons. The smallest absolute Gasteiger partial charge is 0.173 e. The number of amidine groups is 1. The highest BCUT2D eigenvalue weighted by molar-refractivity contribution is 6.05. The van der Waals surface area contributed by atoms with Crippen molar-refractivity contribution < 1.29 is 0 Å². The van der Waals surface area contributed by atoms with Gasteiger partial charge in [0, 0.05) is 31.0 Å². The Kier molecular flexibility index (Phi) is 6.64. The zero-order chi connectivity index (χ0) is 25.4. The highest BCUT2D eigenvalue weighted by Gasteiger charge is 2.46. The third kappa shape index (κ3) is 4.62. The molecule has 3 atom stereocenters. The van der Waals surface area contributed by atoms with Crippen LogP contribution in [0.2, 0.25) is 0 Å². The van der Waals surface area contributed by atoms with Crippen molar-refractivity contribution in [3.8, 4) is 0 Å². The van der Waals surface area contributed by atoms with Crippen molar-refractivity contribution in [3.05, 3.63) is 41.0 Å². The van der Waals surface area contributed by atoms with E-state index in [1.54, 1.807) is 0 Å². The maximum atomic E-state index is 6.62. The van der Waals surface area contributed by atoms with Gasteiger partial charge in [-0.1, -0.05) is 13.0 Å². The Bertz CT molecular complexity index is 1200. The van der Waals surface area contributed by atoms with Gasteiger partial charge < -0.3 is 21.4 Å². The SMILES string of the molecule is CC1CCC2(CCN(c3cnc(C4Cc5ccc(C6=NCC=N6)nc5CCCN4)c(NN)n3)CC2)C1N. The molecule has 4 aliphatic rings. The van der Waals surface area contributed by atoms with E-state index >= 15 is 0 Å². The fourth-order valence-electron chi connectivity index (χ4n) is 6.65. The van der Waals surface area contributed by atoms with E-state index in [0.29, 0.717) is 29.7 Å². The molecule has 10 nitrogen and oxygen atoms in total. The molecule has 37 heavy (non-hydrogen) atoms. The third-order valence-electron chi connectivity index (χ3n) is 8.99. The summed E-state index contributed by atoms with van der Waals surface area (Å²) >= 11 is 0. The maximum absolute atomic E-state index is 6.62. The number of aromatic nitrogens is 3. The molecule has 3 unspecified atom stereocenters. The fourth-order valence-corrected chi connectivity index (χ4v) is 6.65. The molecule has 1 saturated carbocycles. The number of hydrogen-bond donors (Lipinski definition) is 4. The zero-order valence-electron chi connectivity index (χ0n) is 21.7. The first kappa shape index (κ1) is 24.4. The largest absolute Gasteiger partial charge is 0.355 e. The molecule has 5 heterocycles. The van der Waals surface area contributed by atoms with Crippen molar-refractivity contribution >= 4 is 23.7 Å². The molecule has 6 rings (SSSR count). The van der Waals surface area contributed by atoms with Gasteiger partial charge in [-0.2, -0.15) is 0 Å². The molecule has 0 bridgehead atoms. The predicted molar refractivity (Wildman–Crippen MR) is 147 cm³/mol. The molecule has 10 heteroatoms. The van der Waals surface area contributed by atoms with Crippen molar-refractivity contribution in [3.63, 3.8) is 0 Å². The highest BCUT2D eigenvalue weighted by Crippen LogP contribution is 2.48. The van der Waals surface area contributed by atoms with Gasteiger partial charge in [0.15, 0.2) is 11.7 Å². The minimum atomic E-state index is -0.0104. The highest BCUT2D eigenvalue weighted by atomic mass is 15.3. The van der Waals surface area contributed by atoms with E-state index in [1.165, 1.54) is 18.4 Å². The lowest BCUT2D eigenvalue weighted by molar-refractivity contribution is 0.186. The zero-order valence-corrected chi connectivity index (χ0v) is 21.7. The number of pyridine rings is 1. The second kappa shape index (κ2) is 10.1. The lowest BCUT2D eigenvalue weighted by Crippen LogP contribution is -2.48. The predicted octanol–water partition coefficient (Wildman–Crippen LogP) is 2.15. The van der Waals surface area contributed by atoms with Crippen LogP contribution in [-0.2, 0) is 12.8 Å². The lowest BCUT2D eigenvalue weighted by Gasteiger charge is -2.43. The second-order valence-corrected chi connectivity index (χ2v) is 11.1. The number of fused-ring (bicyclic) bond motifs is 1. The number of nitrogen functional groups attached to an aromatic ring is 1. The summed E-state index contributed by atoms with van der Waals surface area (Å²) in [7, 11) is 0. The Hall–Kier alpha value is -2.95. The van der Waals surface area contributed by atoms with Crippen LogP contribution in [0, 0.1) is 11.3 Å². The number of aliphatic imine (C=N–C) groups is 2. The first-order valence-corrected chi connectivity index (χ1v) is 13.7. The summed E-state index contributed by atoms with van der Waals surface area (Å²) in [4.78, 5) is 25.9. The monoisotopic (exact) mass is 502 g/mol. The van der Waals surface area contributed by atoms with Gasteiger partial charge in [-0.25, -0.2) is 20.8 Å². The Morgan fingerprint density at radius 2 is 2.03 bits per heavy atom. The van der Waals surface area contributed by atoms with Crippen LogP contribution >= 0.6 is 0 Å². The number of nitrogens with two attached hydrogens (primary N) is 2. The Balaban J connectivity index is 1.20. The van der Waals surface area contributed by atoms with E-state index in [2.05, 4.69) is 38.6 Å². The summed E-state index contributed by atoms with van der Waals surface area (Å²) in [5.74, 6) is 8.83. The maximum Gasteiger partial charge on any atom is 0.173 e. The average molecular weight is 503 g/mol. The van der Waals surface area contributed by atoms with E-state index in [1.807, 2.05) is 18.5 Å². The molecular weight excluding hydrogens is 464 g/mol. The lowest BCUT2D eigenvalue weighted by atomic mass is 9.73. The van der Waals surface area contributed by atoms with E-state index in [0.717, 1.165) is 80.5 Å². The van der Waals surface area contributed by atoms with Crippen LogP contribution in [0.25, 0.3) is 0 Å². The molecule has 2 aromatic rings. The number of rotatable bonds is 4. The van der Waals surface area contributed by atoms with Crippen molar-refractivity contribution in [2.75, 3.05) is 36.5 Å². The Labute approximate surface area is 218 Å². The van der Waals surface area contributed by atoms with Crippen LogP contribution in [0.15, 0.2) is 28.3 Å². The molecular formula is C27H38N10. The van der Waals surface area contributed by atoms with Gasteiger partial charge in [-0.3, -0.25) is 9.98 Å². The second-order valence-electron chi connectivity index (χ2n) is 11.1. The van der Waals surface area contributed by atoms with Gasteiger partial charge in [0.1, 0.15) is 17.2 Å². The number of hydrazine groups is 1. The molecule has 3 aliphatic heterocycles. The summed E-state index contributed by atoms with van der Waals surface area (Å²) in [6.07, 6.45) is 11.1. The molecule has 0 amide bonds. The molecule has 2 aromatic heterocycles. The van der Waals surface area contributed by atoms with Crippen molar-refractivity contribution in [2.45, 2.75) is 64.0 Å². The van der Waals surface area contributed by atoms with Gasteiger partial charge in [-0.15, -0.1) is 0 Å². The fraction of sp³-hybridized carbons (Fsp3) is 0.593. The van der Waals surface area contributed by atoms with Crippen LogP contribution < -0.4 is 27.2 Å². The minimum absolute atomic E-state index is 0.0104. The van der Waals surface area contributed by atoms with Crippen LogP contribution in [-0.4, -0.2) is 59.2 Å². The first-order valence-electron chi connectivity index (χ1n) is 13.7. The number of piperidine rings is 1. The van der Waals surface area contributed by atoms with Gasteiger partial charge >= 0.3 is 0 Å². The van der Waals surface area contributed by atoms with Gasteiger partial charge in [-0.05, 0) is 74.5 Å². The van der Waals surface area contributed by atoms with Crippen molar-refractivity contribution in [1.82, 2.24) is 20.3 Å². The summed E-state index contributed by atoms with van der Waals surface area (Å²) in [5, 5.41) is 3.66. The molecule has 0 aromatic carbocycles. The Morgan fingerprint density at radius 1 is 1.16 bits per heavy atom. The summed E-state index contributed by atoms with van der Waals surface area (Å²) < 4.78 is 0. The number of anilines is 2. The molecule has 2 fully saturated rings. The average Bonchev–Trinajstić information content (AvgIpc) is 3.55. The van der Waals surface area contributed by atoms with Crippen LogP contribution in [0.3, 0.4) is 0 Å². The molecule has 0 radical (unpaired) electrons. The standard InChI is InChI=1S/C27H38N10/c1-17-6-7-27(24(17)28)8-13-37(14-9-27)22-16-33-23(26(35-22)36-29)21-15-18-4-5-20(25-31-11-12-32-25)34-19(18)3-2-10-30-21/h4-5,11,16-17,21,24,30H,2-3,6-10,12-15,28-29H2,1H3,(H,35,36). The van der Waals surface area contributed by atoms with E-state index in [-0.39, 0.29) is 6.04 Å². The molecule has 6 N–H and O–H groups in total. The minimum Gasteiger partial charge on any atom is -0.355 e. The summed E-state index contributed by atoms with van der Waals surface area (Å²) in [6, 6.07) is 4.48. The quantitative estimate of drug-likeness (QED) is 0.368. The van der Waals surface area contributed by atoms with Crippen LogP contribution in [0.1, 0.15) is 67.7 Å². The van der Waals surface area contributed by atoms with Crippen LogP contribution in [0.4, 0.5) is 11.6 Å². The summed E-state index contributed by atoms with van der Waals surface area (Å²) in [6.45, 7) is 5.71. The van der Waals surface area contributed by atoms with Gasteiger partial charge in [0.25, 0.3) is 0 Å².